The van der Waals surface area contributed by atoms with Crippen LogP contribution in [0.5, 0.6) is 0 Å². The highest BCUT2D eigenvalue weighted by molar-refractivity contribution is 6.12. The van der Waals surface area contributed by atoms with E-state index in [1.54, 1.807) is 0 Å². The molecule has 0 N–H and O–H groups in total. The Kier molecular flexibility index (Phi) is 11.1. The van der Waals surface area contributed by atoms with Crippen molar-refractivity contribution in [2.45, 2.75) is 64.2 Å². The van der Waals surface area contributed by atoms with Gasteiger partial charge in [0.15, 0.2) is 0 Å². The highest BCUT2D eigenvalue weighted by Crippen LogP contribution is 2.56. The molecule has 0 atom stereocenters. The monoisotopic (exact) mass is 1070 g/mol. The van der Waals surface area contributed by atoms with E-state index >= 15 is 0 Å². The van der Waals surface area contributed by atoms with Crippen molar-refractivity contribution < 1.29 is 0 Å². The van der Waals surface area contributed by atoms with Crippen LogP contribution in [-0.2, 0) is 10.8 Å². The summed E-state index contributed by atoms with van der Waals surface area (Å²) in [6.45, 7) is 9.36. The summed E-state index contributed by atoms with van der Waals surface area (Å²) in [4.78, 5) is 11.0. The lowest BCUT2D eigenvalue weighted by molar-refractivity contribution is 0.491. The summed E-state index contributed by atoms with van der Waals surface area (Å²) < 4.78 is 7.14. The fourth-order valence-corrected chi connectivity index (χ4v) is 15.0. The average molecular weight is 1070 g/mol. The van der Waals surface area contributed by atoms with Gasteiger partial charge in [-0.3, -0.25) is 9.13 Å². The van der Waals surface area contributed by atoms with Gasteiger partial charge in [0.25, 0.3) is 0 Å². The lowest BCUT2D eigenvalue weighted by Crippen LogP contribution is -2.23. The zero-order valence-electron chi connectivity index (χ0n) is 47.2. The smallest absolute Gasteiger partial charge is 0.145 e. The Morgan fingerprint density at radius 2 is 0.614 bits per heavy atom. The Bertz CT molecular complexity index is 4570. The van der Waals surface area contributed by atoms with Crippen LogP contribution >= 0.6 is 0 Å². The lowest BCUT2D eigenvalue weighted by Gasteiger charge is -2.29. The highest BCUT2D eigenvalue weighted by atomic mass is 15.1. The first-order valence-electron chi connectivity index (χ1n) is 29.7. The Hall–Kier alpha value is -9.84. The maximum atomic E-state index is 5.48. The van der Waals surface area contributed by atoms with Gasteiger partial charge in [-0.2, -0.15) is 0 Å². The Balaban J connectivity index is 0.784. The first kappa shape index (κ1) is 49.0. The van der Waals surface area contributed by atoms with Gasteiger partial charge in [0.2, 0.25) is 0 Å². The molecule has 2 aliphatic carbocycles. The summed E-state index contributed by atoms with van der Waals surface area (Å²) in [6, 6.07) is 91.9. The summed E-state index contributed by atoms with van der Waals surface area (Å²) in [7, 11) is 0. The van der Waals surface area contributed by atoms with Gasteiger partial charge in [0, 0.05) is 49.8 Å². The third kappa shape index (κ3) is 7.20. The molecule has 0 fully saturated rings. The Morgan fingerprint density at radius 3 is 1.00 bits per heavy atom. The second-order valence-electron chi connectivity index (χ2n) is 22.9. The van der Waals surface area contributed by atoms with Gasteiger partial charge in [-0.25, -0.2) is 9.97 Å². The molecule has 0 unspecified atom stereocenters. The maximum absolute atomic E-state index is 5.48. The molecule has 0 spiro atoms. The molecule has 0 amide bonds. The summed E-state index contributed by atoms with van der Waals surface area (Å²) >= 11 is 0. The minimum absolute atomic E-state index is 0.0339. The van der Waals surface area contributed by atoms with Crippen molar-refractivity contribution in [3.63, 3.8) is 0 Å². The number of para-hydroxylation sites is 3. The molecule has 11 aromatic carbocycles. The second-order valence-corrected chi connectivity index (χ2v) is 22.9. The molecular formula is C78H61N5. The quantitative estimate of drug-likeness (QED) is 0.130. The molecule has 0 saturated heterocycles. The fourth-order valence-electron chi connectivity index (χ4n) is 15.0. The molecule has 398 valence electrons. The second kappa shape index (κ2) is 18.9. The van der Waals surface area contributed by atoms with Crippen LogP contribution < -0.4 is 0 Å². The largest absolute Gasteiger partial charge is 0.309 e. The molecule has 3 aromatic heterocycles. The Morgan fingerprint density at radius 1 is 0.277 bits per heavy atom. The van der Waals surface area contributed by atoms with E-state index < -0.39 is 0 Å². The molecule has 16 rings (SSSR count). The van der Waals surface area contributed by atoms with Crippen molar-refractivity contribution in [1.29, 1.82) is 0 Å². The average Bonchev–Trinajstić information content (AvgIpc) is 3.40. The van der Waals surface area contributed by atoms with Gasteiger partial charge in [-0.15, -0.1) is 0 Å². The van der Waals surface area contributed by atoms with Gasteiger partial charge < -0.3 is 4.57 Å². The summed E-state index contributed by atoms with van der Waals surface area (Å²) in [5, 5.41) is 2.42. The fraction of sp³-hybridized carbons (Fsp3) is 0.128. The van der Waals surface area contributed by atoms with Gasteiger partial charge >= 0.3 is 0 Å². The van der Waals surface area contributed by atoms with Crippen molar-refractivity contribution in [2.75, 3.05) is 0 Å². The topological polar surface area (TPSA) is 40.6 Å². The molecule has 0 bridgehead atoms. The van der Waals surface area contributed by atoms with Gasteiger partial charge in [-0.05, 0) is 177 Å². The number of imidazole rings is 2. The molecule has 0 aliphatic heterocycles. The molecule has 83 heavy (non-hydrogen) atoms. The predicted molar refractivity (Wildman–Crippen MR) is 345 cm³/mol. The molecule has 0 radical (unpaired) electrons. The number of benzene rings is 11. The number of hydrogen-bond donors (Lipinski definition) is 0. The van der Waals surface area contributed by atoms with Crippen molar-refractivity contribution in [2.24, 2.45) is 0 Å². The van der Waals surface area contributed by atoms with Crippen molar-refractivity contribution in [1.82, 2.24) is 23.7 Å². The van der Waals surface area contributed by atoms with E-state index in [4.69, 9.17) is 9.97 Å². The zero-order chi connectivity index (χ0) is 55.6. The van der Waals surface area contributed by atoms with Crippen molar-refractivity contribution in [3.8, 4) is 84.3 Å². The molecule has 14 aromatic rings. The van der Waals surface area contributed by atoms with Crippen LogP contribution in [0.3, 0.4) is 0 Å². The van der Waals surface area contributed by atoms with Crippen LogP contribution in [0.15, 0.2) is 249 Å². The third-order valence-electron chi connectivity index (χ3n) is 19.3. The van der Waals surface area contributed by atoms with E-state index in [1.807, 2.05) is 0 Å². The van der Waals surface area contributed by atoms with Gasteiger partial charge in [0.05, 0.1) is 33.1 Å². The van der Waals surface area contributed by atoms with E-state index in [2.05, 4.69) is 290 Å². The summed E-state index contributed by atoms with van der Waals surface area (Å²) in [5.74, 6) is 1.88. The van der Waals surface area contributed by atoms with E-state index in [-0.39, 0.29) is 10.8 Å². The lowest BCUT2D eigenvalue weighted by atomic mass is 9.74. The van der Waals surface area contributed by atoms with Crippen LogP contribution in [-0.4, -0.2) is 23.7 Å². The van der Waals surface area contributed by atoms with E-state index in [1.165, 1.54) is 77.4 Å². The van der Waals surface area contributed by atoms with Crippen molar-refractivity contribution >= 4 is 43.9 Å². The number of hydrogen-bond acceptors (Lipinski definition) is 2. The minimum Gasteiger partial charge on any atom is -0.309 e. The highest BCUT2D eigenvalue weighted by Gasteiger charge is 2.42. The third-order valence-corrected chi connectivity index (χ3v) is 19.3. The van der Waals surface area contributed by atoms with Crippen LogP contribution in [0.4, 0.5) is 0 Å². The predicted octanol–water partition coefficient (Wildman–Crippen LogP) is 20.3. The number of nitrogens with zero attached hydrogens (tertiary/aromatic N) is 5. The summed E-state index contributed by atoms with van der Waals surface area (Å²) in [5.41, 5.74) is 27.7. The number of aromatic nitrogens is 5. The number of rotatable bonds is 11. The van der Waals surface area contributed by atoms with Crippen LogP contribution in [0.1, 0.15) is 75.6 Å². The van der Waals surface area contributed by atoms with Crippen molar-refractivity contribution in [3.05, 3.63) is 271 Å². The van der Waals surface area contributed by atoms with Gasteiger partial charge in [-0.1, -0.05) is 191 Å². The van der Waals surface area contributed by atoms with Gasteiger partial charge in [0.1, 0.15) is 11.6 Å². The molecule has 2 aliphatic rings. The van der Waals surface area contributed by atoms with E-state index in [9.17, 15) is 0 Å². The van der Waals surface area contributed by atoms with E-state index in [0.717, 1.165) is 98.7 Å². The van der Waals surface area contributed by atoms with Crippen LogP contribution in [0.25, 0.3) is 128 Å². The van der Waals surface area contributed by atoms with Crippen LogP contribution in [0.2, 0.25) is 0 Å². The Labute approximate surface area is 484 Å². The number of fused-ring (bicyclic) bond motifs is 11. The molecule has 0 saturated carbocycles. The maximum Gasteiger partial charge on any atom is 0.145 e. The van der Waals surface area contributed by atoms with Crippen LogP contribution in [0, 0.1) is 0 Å². The molecular weight excluding hydrogens is 1010 g/mol. The minimum atomic E-state index is -0.0339. The first-order chi connectivity index (χ1) is 40.9. The first-order valence-corrected chi connectivity index (χ1v) is 29.7. The molecule has 5 heteroatoms. The SMILES string of the molecule is CCC1(CC)c2ccccc2-c2cc3nc(-c4ccc(-c5ccc6c(c5)c5cc(-c7ccc(-c8nc9cc%10c(cc9n8-c8ccccc8)C(CC)(CC)c8ccccc8-%10)cc7)ccc5n6-c5ccccc5)cc4)n(-c4ccccc4)c3cc21. The molecule has 3 heterocycles. The molecule has 5 nitrogen and oxygen atoms in total. The zero-order valence-corrected chi connectivity index (χ0v) is 47.2. The standard InChI is InChI=1S/C78H61N5/c1-5-77(6-2)65-30-20-18-28-59(65)61-46-69-73(48-67(61)77)82(57-24-14-10-15-25-57)75(79-69)52-36-32-50(33-37-52)54-40-42-71-63(44-54)64-45-55(41-43-72(64)81(71)56-22-12-9-13-23-56)51-34-38-53(39-35-51)76-80-70-47-62-60-29-19-21-31-66(60)78(7-3,8-4)68(62)49-74(70)83(76)58-26-16-11-17-27-58/h9-49H,5-8H2,1-4H3. The normalized spacial score (nSPS) is 13.7. The summed E-state index contributed by atoms with van der Waals surface area (Å²) in [6.07, 6.45) is 4.17. The van der Waals surface area contributed by atoms with E-state index in [0.29, 0.717) is 0 Å².